The summed E-state index contributed by atoms with van der Waals surface area (Å²) < 4.78 is 17.3. The van der Waals surface area contributed by atoms with Crippen LogP contribution in [0, 0.1) is 5.92 Å². The van der Waals surface area contributed by atoms with E-state index in [2.05, 4.69) is 0 Å². The van der Waals surface area contributed by atoms with Crippen molar-refractivity contribution >= 4 is 23.6 Å². The predicted octanol–water partition coefficient (Wildman–Crippen LogP) is 1.24. The molecule has 2 rings (SSSR count). The fraction of sp³-hybridized carbons (Fsp3) is 0.364. The van der Waals surface area contributed by atoms with Crippen molar-refractivity contribution in [1.82, 2.24) is 9.13 Å². The first-order chi connectivity index (χ1) is 15.1. The fourth-order valence-electron chi connectivity index (χ4n) is 2.96. The molecule has 1 aromatic heterocycles. The van der Waals surface area contributed by atoms with Gasteiger partial charge in [0.1, 0.15) is 11.4 Å². The number of ether oxygens (including phenoxy) is 3. The number of hydrogen-bond acceptors (Lipinski definition) is 8. The molecule has 0 amide bonds. The van der Waals surface area contributed by atoms with E-state index < -0.39 is 29.6 Å². The van der Waals surface area contributed by atoms with Crippen LogP contribution >= 0.6 is 0 Å². The molecular formula is C22H27N3O7. The van der Waals surface area contributed by atoms with Crippen molar-refractivity contribution in [3.05, 3.63) is 56.2 Å². The molecule has 0 saturated heterocycles. The molecule has 172 valence electrons. The number of aromatic nitrogens is 2. The number of anilines is 1. The van der Waals surface area contributed by atoms with Gasteiger partial charge < -0.3 is 19.9 Å². The fourth-order valence-corrected chi connectivity index (χ4v) is 2.96. The van der Waals surface area contributed by atoms with E-state index in [1.807, 2.05) is 13.8 Å². The minimum atomic E-state index is -0.838. The largest absolute Gasteiger partial charge is 0.493 e. The summed E-state index contributed by atoms with van der Waals surface area (Å²) in [6, 6.07) is 5.05. The lowest BCUT2D eigenvalue weighted by molar-refractivity contribution is -0.136. The monoisotopic (exact) mass is 445 g/mol. The first-order valence-electron chi connectivity index (χ1n) is 9.80. The molecular weight excluding hydrogens is 418 g/mol. The van der Waals surface area contributed by atoms with E-state index in [1.54, 1.807) is 18.2 Å². The molecule has 0 aliphatic heterocycles. The van der Waals surface area contributed by atoms with E-state index in [9.17, 15) is 19.2 Å². The molecule has 0 saturated carbocycles. The van der Waals surface area contributed by atoms with Crippen LogP contribution in [-0.4, -0.2) is 41.7 Å². The Labute approximate surface area is 184 Å². The van der Waals surface area contributed by atoms with Gasteiger partial charge in [-0.2, -0.15) is 0 Å². The van der Waals surface area contributed by atoms with Crippen LogP contribution in [0.25, 0.3) is 6.08 Å². The van der Waals surface area contributed by atoms with E-state index in [-0.39, 0.29) is 23.8 Å². The Kier molecular flexibility index (Phi) is 8.00. The second kappa shape index (κ2) is 10.5. The van der Waals surface area contributed by atoms with Gasteiger partial charge in [0.25, 0.3) is 5.56 Å². The quantitative estimate of drug-likeness (QED) is 0.346. The van der Waals surface area contributed by atoms with Crippen LogP contribution in [0.4, 0.5) is 5.82 Å². The Hall–Kier alpha value is -3.82. The number of benzene rings is 1. The van der Waals surface area contributed by atoms with Gasteiger partial charge in [0, 0.05) is 19.7 Å². The molecule has 2 aromatic rings. The van der Waals surface area contributed by atoms with Gasteiger partial charge in [-0.1, -0.05) is 19.9 Å². The number of ketones is 1. The van der Waals surface area contributed by atoms with Crippen molar-refractivity contribution in [2.24, 2.45) is 13.0 Å². The lowest BCUT2D eigenvalue weighted by atomic mass is 10.1. The topological polar surface area (TPSA) is 132 Å². The van der Waals surface area contributed by atoms with E-state index in [0.717, 1.165) is 15.2 Å². The van der Waals surface area contributed by atoms with Gasteiger partial charge >= 0.3 is 11.7 Å². The average Bonchev–Trinajstić information content (AvgIpc) is 2.77. The summed E-state index contributed by atoms with van der Waals surface area (Å²) in [4.78, 5) is 49.4. The van der Waals surface area contributed by atoms with Gasteiger partial charge in [-0.25, -0.2) is 9.59 Å². The minimum Gasteiger partial charge on any atom is -0.493 e. The number of carbonyl (C=O) groups excluding carboxylic acids is 2. The Morgan fingerprint density at radius 3 is 2.38 bits per heavy atom. The normalized spacial score (nSPS) is 11.1. The Bertz CT molecular complexity index is 1160. The predicted molar refractivity (Wildman–Crippen MR) is 119 cm³/mol. The van der Waals surface area contributed by atoms with E-state index >= 15 is 0 Å². The maximum atomic E-state index is 12.6. The number of Topliss-reactive ketones (excluding diaryl/α,β-unsaturated/α-hetero) is 1. The zero-order valence-electron chi connectivity index (χ0n) is 18.7. The lowest BCUT2D eigenvalue weighted by Crippen LogP contribution is -2.43. The highest BCUT2D eigenvalue weighted by molar-refractivity contribution is 6.02. The van der Waals surface area contributed by atoms with Crippen LogP contribution in [-0.2, 0) is 23.1 Å². The second-order valence-corrected chi connectivity index (χ2v) is 7.39. The molecule has 0 spiro atoms. The molecule has 0 aliphatic carbocycles. The number of nitrogens with two attached hydrogens (primary N) is 1. The van der Waals surface area contributed by atoms with E-state index in [0.29, 0.717) is 17.1 Å². The van der Waals surface area contributed by atoms with Crippen LogP contribution in [0.1, 0.15) is 29.8 Å². The molecule has 1 heterocycles. The molecule has 1 aromatic carbocycles. The number of hydrogen-bond donors (Lipinski definition) is 1. The smallest absolute Gasteiger partial charge is 0.332 e. The van der Waals surface area contributed by atoms with Gasteiger partial charge in [-0.15, -0.1) is 0 Å². The molecule has 32 heavy (non-hydrogen) atoms. The number of methoxy groups -OCH3 is 2. The Morgan fingerprint density at radius 2 is 1.78 bits per heavy atom. The highest BCUT2D eigenvalue weighted by Crippen LogP contribution is 2.27. The van der Waals surface area contributed by atoms with Crippen LogP contribution in [0.15, 0.2) is 33.9 Å². The first-order valence-corrected chi connectivity index (χ1v) is 9.80. The molecule has 0 fully saturated rings. The third-order valence-electron chi connectivity index (χ3n) is 4.57. The number of nitrogens with zero attached hydrogens (tertiary/aromatic N) is 2. The molecule has 0 aliphatic rings. The summed E-state index contributed by atoms with van der Waals surface area (Å²) in [5.74, 6) is -0.756. The Morgan fingerprint density at radius 1 is 1.12 bits per heavy atom. The minimum absolute atomic E-state index is 0.0509. The summed E-state index contributed by atoms with van der Waals surface area (Å²) in [6.45, 7) is 3.26. The maximum absolute atomic E-state index is 12.6. The molecule has 0 atom stereocenters. The van der Waals surface area contributed by atoms with Crippen molar-refractivity contribution in [2.75, 3.05) is 26.6 Å². The standard InChI is InChI=1S/C22H27N3O7/c1-13(2)11-25-20(23)19(21(28)24(3)22(25)29)15(26)12-32-18(27)9-7-14-6-8-16(30-4)17(10-14)31-5/h6-10,13H,11-12,23H2,1-5H3. The first kappa shape index (κ1) is 24.4. The van der Waals surface area contributed by atoms with Crippen LogP contribution in [0.5, 0.6) is 11.5 Å². The van der Waals surface area contributed by atoms with Crippen molar-refractivity contribution in [2.45, 2.75) is 20.4 Å². The Balaban J connectivity index is 2.16. The number of nitrogen functional groups attached to an aromatic ring is 1. The number of esters is 1. The zero-order valence-corrected chi connectivity index (χ0v) is 18.7. The van der Waals surface area contributed by atoms with Gasteiger partial charge in [0.2, 0.25) is 5.78 Å². The third-order valence-corrected chi connectivity index (χ3v) is 4.57. The van der Waals surface area contributed by atoms with Gasteiger partial charge in [-0.3, -0.25) is 18.7 Å². The zero-order chi connectivity index (χ0) is 24.0. The highest BCUT2D eigenvalue weighted by atomic mass is 16.5. The summed E-state index contributed by atoms with van der Waals surface area (Å²) in [5.41, 5.74) is 4.75. The highest BCUT2D eigenvalue weighted by Gasteiger charge is 2.22. The lowest BCUT2D eigenvalue weighted by Gasteiger charge is -2.16. The second-order valence-electron chi connectivity index (χ2n) is 7.39. The third kappa shape index (κ3) is 5.45. The van der Waals surface area contributed by atoms with Crippen molar-refractivity contribution in [3.63, 3.8) is 0 Å². The van der Waals surface area contributed by atoms with Crippen LogP contribution in [0.3, 0.4) is 0 Å². The number of carbonyl (C=O) groups is 2. The summed E-state index contributed by atoms with van der Waals surface area (Å²) in [7, 11) is 4.26. The van der Waals surface area contributed by atoms with Gasteiger partial charge in [0.05, 0.1) is 14.2 Å². The van der Waals surface area contributed by atoms with Crippen molar-refractivity contribution in [3.8, 4) is 11.5 Å². The average molecular weight is 445 g/mol. The van der Waals surface area contributed by atoms with Crippen molar-refractivity contribution in [1.29, 1.82) is 0 Å². The molecule has 0 bridgehead atoms. The maximum Gasteiger partial charge on any atom is 0.332 e. The summed E-state index contributed by atoms with van der Waals surface area (Å²) in [5, 5.41) is 0. The van der Waals surface area contributed by atoms with Gasteiger partial charge in [0.15, 0.2) is 18.1 Å². The van der Waals surface area contributed by atoms with Crippen LogP contribution < -0.4 is 26.5 Å². The molecule has 0 unspecified atom stereocenters. The summed E-state index contributed by atoms with van der Waals surface area (Å²) in [6.07, 6.45) is 2.61. The van der Waals surface area contributed by atoms with Crippen LogP contribution in [0.2, 0.25) is 0 Å². The van der Waals surface area contributed by atoms with Gasteiger partial charge in [-0.05, 0) is 29.7 Å². The summed E-state index contributed by atoms with van der Waals surface area (Å²) >= 11 is 0. The molecule has 10 heteroatoms. The van der Waals surface area contributed by atoms with E-state index in [1.165, 1.54) is 27.3 Å². The SMILES string of the molecule is COc1ccc(C=CC(=O)OCC(=O)c2c(N)n(CC(C)C)c(=O)n(C)c2=O)cc1OC. The molecule has 10 nitrogen and oxygen atoms in total. The van der Waals surface area contributed by atoms with E-state index in [4.69, 9.17) is 19.9 Å². The molecule has 2 N–H and O–H groups in total. The van der Waals surface area contributed by atoms with Crippen molar-refractivity contribution < 1.29 is 23.8 Å². The molecule has 0 radical (unpaired) electrons. The number of rotatable bonds is 9.